The lowest BCUT2D eigenvalue weighted by molar-refractivity contribution is -0.148. The SMILES string of the molecule is CCOc1ccc(S(=O)(=O)N(CC)CC)cc1NC(=O)COC(=O)[C@@H]1C[C@@H]1C. The molecule has 0 radical (unpaired) electrons. The molecule has 0 unspecified atom stereocenters. The molecule has 156 valence electrons. The van der Waals surface area contributed by atoms with Crippen molar-refractivity contribution in [3.8, 4) is 5.75 Å². The number of benzene rings is 1. The lowest BCUT2D eigenvalue weighted by atomic mass is 10.3. The second kappa shape index (κ2) is 9.38. The third kappa shape index (κ3) is 5.23. The number of carbonyl (C=O) groups is 2. The standard InChI is InChI=1S/C19H28N2O6S/c1-5-21(6-2)28(24,25)14-8-9-17(26-7-3)16(11-14)20-18(22)12-27-19(23)15-10-13(15)4/h8-9,11,13,15H,5-7,10,12H2,1-4H3,(H,20,22)/t13-,15+/m0/s1. The first-order valence-corrected chi connectivity index (χ1v) is 10.9. The lowest BCUT2D eigenvalue weighted by Gasteiger charge is -2.20. The van der Waals surface area contributed by atoms with Crippen molar-refractivity contribution in [2.75, 3.05) is 31.6 Å². The summed E-state index contributed by atoms with van der Waals surface area (Å²) in [4.78, 5) is 24.0. The van der Waals surface area contributed by atoms with Crippen molar-refractivity contribution in [3.05, 3.63) is 18.2 Å². The number of carbonyl (C=O) groups excluding carboxylic acids is 2. The van der Waals surface area contributed by atoms with E-state index >= 15 is 0 Å². The van der Waals surface area contributed by atoms with Crippen LogP contribution in [0, 0.1) is 11.8 Å². The van der Waals surface area contributed by atoms with E-state index in [9.17, 15) is 18.0 Å². The monoisotopic (exact) mass is 412 g/mol. The Kier molecular flexibility index (Phi) is 7.42. The lowest BCUT2D eigenvalue weighted by Crippen LogP contribution is -2.30. The van der Waals surface area contributed by atoms with Gasteiger partial charge in [0.2, 0.25) is 10.0 Å². The minimum absolute atomic E-state index is 0.0544. The predicted molar refractivity (Wildman–Crippen MR) is 105 cm³/mol. The van der Waals surface area contributed by atoms with Gasteiger partial charge in [0.05, 0.1) is 23.1 Å². The molecule has 0 heterocycles. The van der Waals surface area contributed by atoms with E-state index in [0.29, 0.717) is 31.4 Å². The van der Waals surface area contributed by atoms with Crippen LogP contribution in [0.3, 0.4) is 0 Å². The summed E-state index contributed by atoms with van der Waals surface area (Å²) >= 11 is 0. The Balaban J connectivity index is 2.16. The highest BCUT2D eigenvalue weighted by atomic mass is 32.2. The maximum absolute atomic E-state index is 12.7. The van der Waals surface area contributed by atoms with Gasteiger partial charge in [0.15, 0.2) is 6.61 Å². The summed E-state index contributed by atoms with van der Waals surface area (Å²) in [7, 11) is -3.68. The molecule has 2 rings (SSSR count). The average molecular weight is 413 g/mol. The van der Waals surface area contributed by atoms with Crippen LogP contribution in [-0.2, 0) is 24.3 Å². The van der Waals surface area contributed by atoms with Crippen molar-refractivity contribution in [2.45, 2.75) is 39.0 Å². The number of esters is 1. The van der Waals surface area contributed by atoms with E-state index in [-0.39, 0.29) is 22.5 Å². The molecule has 28 heavy (non-hydrogen) atoms. The van der Waals surface area contributed by atoms with Gasteiger partial charge in [0.1, 0.15) is 5.75 Å². The maximum atomic E-state index is 12.7. The van der Waals surface area contributed by atoms with Crippen LogP contribution in [0.5, 0.6) is 5.75 Å². The van der Waals surface area contributed by atoms with Crippen LogP contribution >= 0.6 is 0 Å². The highest BCUT2D eigenvalue weighted by molar-refractivity contribution is 7.89. The largest absolute Gasteiger partial charge is 0.492 e. The minimum atomic E-state index is -3.68. The molecule has 8 nitrogen and oxygen atoms in total. The van der Waals surface area contributed by atoms with Gasteiger partial charge in [0.25, 0.3) is 5.91 Å². The molecule has 0 aliphatic heterocycles. The number of nitrogens with one attached hydrogen (secondary N) is 1. The highest BCUT2D eigenvalue weighted by Gasteiger charge is 2.40. The van der Waals surface area contributed by atoms with Gasteiger partial charge in [0, 0.05) is 13.1 Å². The van der Waals surface area contributed by atoms with Crippen LogP contribution in [0.1, 0.15) is 34.1 Å². The summed E-state index contributed by atoms with van der Waals surface area (Å²) in [6.45, 7) is 7.83. The molecule has 0 saturated heterocycles. The zero-order valence-electron chi connectivity index (χ0n) is 16.7. The minimum Gasteiger partial charge on any atom is -0.492 e. The summed E-state index contributed by atoms with van der Waals surface area (Å²) in [5, 5.41) is 2.58. The van der Waals surface area contributed by atoms with Crippen molar-refractivity contribution < 1.29 is 27.5 Å². The van der Waals surface area contributed by atoms with Gasteiger partial charge < -0.3 is 14.8 Å². The Hall–Kier alpha value is -2.13. The molecule has 0 aromatic heterocycles. The molecule has 2 atom stereocenters. The van der Waals surface area contributed by atoms with Crippen LogP contribution in [0.2, 0.25) is 0 Å². The normalized spacial score (nSPS) is 18.6. The van der Waals surface area contributed by atoms with Crippen molar-refractivity contribution in [2.24, 2.45) is 11.8 Å². The molecule has 1 aliphatic rings. The fourth-order valence-electron chi connectivity index (χ4n) is 2.84. The molecular formula is C19H28N2O6S. The van der Waals surface area contributed by atoms with Gasteiger partial charge in [-0.15, -0.1) is 0 Å². The molecule has 0 spiro atoms. The van der Waals surface area contributed by atoms with E-state index in [1.807, 2.05) is 6.92 Å². The first kappa shape index (κ1) is 22.2. The van der Waals surface area contributed by atoms with Crippen LogP contribution in [0.25, 0.3) is 0 Å². The number of hydrogen-bond acceptors (Lipinski definition) is 6. The van der Waals surface area contributed by atoms with Gasteiger partial charge >= 0.3 is 5.97 Å². The Labute approximate surface area is 166 Å². The summed E-state index contributed by atoms with van der Waals surface area (Å²) in [5.74, 6) is -0.432. The smallest absolute Gasteiger partial charge is 0.309 e. The Morgan fingerprint density at radius 1 is 1.21 bits per heavy atom. The number of nitrogens with zero attached hydrogens (tertiary/aromatic N) is 1. The van der Waals surface area contributed by atoms with Crippen LogP contribution in [-0.4, -0.2) is 50.9 Å². The third-order valence-electron chi connectivity index (χ3n) is 4.63. The first-order valence-electron chi connectivity index (χ1n) is 9.48. The number of rotatable bonds is 10. The zero-order chi connectivity index (χ0) is 20.9. The van der Waals surface area contributed by atoms with E-state index in [0.717, 1.165) is 6.42 Å². The molecule has 1 aromatic carbocycles. The van der Waals surface area contributed by atoms with Gasteiger partial charge in [-0.25, -0.2) is 8.42 Å². The van der Waals surface area contributed by atoms with Crippen molar-refractivity contribution in [1.29, 1.82) is 0 Å². The molecule has 1 N–H and O–H groups in total. The topological polar surface area (TPSA) is 102 Å². The molecule has 1 fully saturated rings. The molecule has 1 aromatic rings. The number of hydrogen-bond donors (Lipinski definition) is 1. The van der Waals surface area contributed by atoms with Gasteiger partial charge in [-0.1, -0.05) is 20.8 Å². The quantitative estimate of drug-likeness (QED) is 0.592. The van der Waals surface area contributed by atoms with E-state index in [2.05, 4.69) is 5.32 Å². The Bertz CT molecular complexity index is 820. The number of anilines is 1. The first-order chi connectivity index (χ1) is 13.2. The fourth-order valence-corrected chi connectivity index (χ4v) is 4.33. The number of amides is 1. The summed E-state index contributed by atoms with van der Waals surface area (Å²) in [6.07, 6.45) is 0.778. The van der Waals surface area contributed by atoms with Crippen LogP contribution < -0.4 is 10.1 Å². The predicted octanol–water partition coefficient (Wildman–Crippen LogP) is 2.25. The van der Waals surface area contributed by atoms with Crippen molar-refractivity contribution in [3.63, 3.8) is 0 Å². The molecule has 9 heteroatoms. The third-order valence-corrected chi connectivity index (χ3v) is 6.67. The molecule has 1 aliphatic carbocycles. The van der Waals surface area contributed by atoms with Gasteiger partial charge in [-0.3, -0.25) is 9.59 Å². The second-order valence-electron chi connectivity index (χ2n) is 6.66. The molecular weight excluding hydrogens is 384 g/mol. The van der Waals surface area contributed by atoms with Gasteiger partial charge in [-0.05, 0) is 37.5 Å². The summed E-state index contributed by atoms with van der Waals surface area (Å²) < 4.78 is 37.3. The molecule has 1 amide bonds. The van der Waals surface area contributed by atoms with Gasteiger partial charge in [-0.2, -0.15) is 4.31 Å². The van der Waals surface area contributed by atoms with Crippen molar-refractivity contribution >= 4 is 27.6 Å². The maximum Gasteiger partial charge on any atom is 0.309 e. The van der Waals surface area contributed by atoms with Crippen molar-refractivity contribution in [1.82, 2.24) is 4.31 Å². The number of sulfonamides is 1. The van der Waals surface area contributed by atoms with E-state index < -0.39 is 22.5 Å². The zero-order valence-corrected chi connectivity index (χ0v) is 17.5. The molecule has 1 saturated carbocycles. The molecule has 0 bridgehead atoms. The summed E-state index contributed by atoms with van der Waals surface area (Å²) in [6, 6.07) is 4.32. The van der Waals surface area contributed by atoms with Crippen LogP contribution in [0.15, 0.2) is 23.1 Å². The Morgan fingerprint density at radius 2 is 1.86 bits per heavy atom. The highest BCUT2D eigenvalue weighted by Crippen LogP contribution is 2.38. The van der Waals surface area contributed by atoms with E-state index in [1.54, 1.807) is 20.8 Å². The average Bonchev–Trinajstić information content (AvgIpc) is 3.39. The van der Waals surface area contributed by atoms with E-state index in [4.69, 9.17) is 9.47 Å². The fraction of sp³-hybridized carbons (Fsp3) is 0.579. The second-order valence-corrected chi connectivity index (χ2v) is 8.59. The van der Waals surface area contributed by atoms with E-state index in [1.165, 1.54) is 22.5 Å². The number of ether oxygens (including phenoxy) is 2. The Morgan fingerprint density at radius 3 is 2.39 bits per heavy atom. The van der Waals surface area contributed by atoms with Crippen LogP contribution in [0.4, 0.5) is 5.69 Å². The summed E-state index contributed by atoms with van der Waals surface area (Å²) in [5.41, 5.74) is 0.218.